The number of amides is 11. The van der Waals surface area contributed by atoms with Crippen LogP contribution in [-0.2, 0) is 83.2 Å². The molecule has 3 heterocycles. The highest BCUT2D eigenvalue weighted by atomic mass is 16.4. The van der Waals surface area contributed by atoms with E-state index >= 15 is 24.0 Å². The molecule has 99 heavy (non-hydrogen) atoms. The van der Waals surface area contributed by atoms with Crippen LogP contribution in [0.1, 0.15) is 94.0 Å². The van der Waals surface area contributed by atoms with Crippen LogP contribution in [0.15, 0.2) is 96.5 Å². The molecule has 0 spiro atoms. The van der Waals surface area contributed by atoms with Crippen molar-refractivity contribution < 1.29 is 83.1 Å². The van der Waals surface area contributed by atoms with Crippen molar-refractivity contribution in [2.24, 2.45) is 22.2 Å². The predicted octanol–water partition coefficient (Wildman–Crippen LogP) is -3.47. The highest BCUT2D eigenvalue weighted by molar-refractivity contribution is 6.07. The number of nitrogens with two attached hydrogens (primary N) is 3. The first kappa shape index (κ1) is 77.0. The maximum Gasteiger partial charge on any atom is 0.305 e. The number of aromatic amines is 2. The van der Waals surface area contributed by atoms with Gasteiger partial charge in [0.1, 0.15) is 71.9 Å². The number of aromatic hydroxyl groups is 2. The minimum atomic E-state index is -2.25. The van der Waals surface area contributed by atoms with E-state index in [2.05, 4.69) is 67.8 Å². The highest BCUT2D eigenvalue weighted by Gasteiger charge is 2.44. The summed E-state index contributed by atoms with van der Waals surface area (Å²) < 4.78 is 0. The predicted molar refractivity (Wildman–Crippen MR) is 355 cm³/mol. The Hall–Kier alpha value is -11.0. The Morgan fingerprint density at radius 3 is 1.74 bits per heavy atom. The summed E-state index contributed by atoms with van der Waals surface area (Å²) in [6.07, 6.45) is 0.762. The number of phenolic OH excluding ortho intramolecular Hbond substituents is 2. The van der Waals surface area contributed by atoms with Gasteiger partial charge < -0.3 is 101 Å². The van der Waals surface area contributed by atoms with Gasteiger partial charge in [-0.1, -0.05) is 62.2 Å². The van der Waals surface area contributed by atoms with Crippen LogP contribution >= 0.6 is 0 Å². The molecule has 11 amide bonds. The van der Waals surface area contributed by atoms with Crippen LogP contribution in [0.5, 0.6) is 11.5 Å². The summed E-state index contributed by atoms with van der Waals surface area (Å²) in [5.74, 6) is -15.2. The van der Waals surface area contributed by atoms with E-state index in [1.54, 1.807) is 37.4 Å². The maximum absolute atomic E-state index is 16.0. The molecule has 0 aliphatic carbocycles. The van der Waals surface area contributed by atoms with E-state index in [1.807, 2.05) is 0 Å². The third-order valence-corrected chi connectivity index (χ3v) is 16.1. The zero-order valence-corrected chi connectivity index (χ0v) is 54.7. The summed E-state index contributed by atoms with van der Waals surface area (Å²) in [6, 6.07) is -0.672. The number of aromatic nitrogens is 3. The topological polar surface area (TPSA) is 552 Å². The number of fused-ring (bicyclic) bond motifs is 1. The molecule has 1 fully saturated rings. The first-order valence-corrected chi connectivity index (χ1v) is 32.2. The molecular formula is C65H87N17O17. The first-order valence-electron chi connectivity index (χ1n) is 32.2. The Kier molecular flexibility index (Phi) is 29.6. The number of aliphatic hydroxyl groups is 2. The number of hydrogen-bond donors (Lipinski definition) is 19. The average Bonchev–Trinajstić information content (AvgIpc) is 1.78. The number of para-hydroxylation sites is 1. The fourth-order valence-electron chi connectivity index (χ4n) is 10.9. The lowest BCUT2D eigenvalue weighted by Gasteiger charge is -2.36. The van der Waals surface area contributed by atoms with Gasteiger partial charge in [-0.05, 0) is 92.1 Å². The number of aliphatic carboxylic acids is 1. The largest absolute Gasteiger partial charge is 0.508 e. The molecule has 10 atom stereocenters. The highest BCUT2D eigenvalue weighted by Crippen LogP contribution is 2.23. The minimum absolute atomic E-state index is 0.0112. The third-order valence-electron chi connectivity index (χ3n) is 16.1. The van der Waals surface area contributed by atoms with E-state index in [9.17, 15) is 59.1 Å². The van der Waals surface area contributed by atoms with Crippen molar-refractivity contribution in [2.45, 2.75) is 158 Å². The summed E-state index contributed by atoms with van der Waals surface area (Å²) >= 11 is 0. The van der Waals surface area contributed by atoms with Gasteiger partial charge in [-0.2, -0.15) is 0 Å². The van der Waals surface area contributed by atoms with Gasteiger partial charge in [0, 0.05) is 68.1 Å². The lowest BCUT2D eigenvalue weighted by molar-refractivity contribution is -0.157. The summed E-state index contributed by atoms with van der Waals surface area (Å²) in [6.45, 7) is 0.383. The molecule has 1 aliphatic rings. The number of aliphatic imine (C=N–C) groups is 1. The van der Waals surface area contributed by atoms with Crippen LogP contribution in [0.25, 0.3) is 10.9 Å². The number of benzene rings is 3. The van der Waals surface area contributed by atoms with Gasteiger partial charge in [-0.3, -0.25) is 67.4 Å². The number of rotatable bonds is 29. The van der Waals surface area contributed by atoms with E-state index in [0.717, 1.165) is 6.92 Å². The number of aliphatic hydroxyl groups excluding tert-OH is 2. The van der Waals surface area contributed by atoms with Gasteiger partial charge in [0.05, 0.1) is 26.0 Å². The Balaban J connectivity index is 1.57. The van der Waals surface area contributed by atoms with E-state index in [1.165, 1.54) is 61.1 Å². The number of guanidine groups is 1. The molecule has 1 aliphatic heterocycles. The Morgan fingerprint density at radius 2 is 1.15 bits per heavy atom. The van der Waals surface area contributed by atoms with Gasteiger partial charge in [-0.25, -0.2) is 4.98 Å². The van der Waals surface area contributed by atoms with Crippen molar-refractivity contribution in [3.8, 4) is 11.5 Å². The fourth-order valence-corrected chi connectivity index (χ4v) is 10.9. The number of imidazole rings is 1. The molecule has 1 saturated heterocycles. The lowest BCUT2D eigenvalue weighted by Crippen LogP contribution is -2.65. The molecule has 0 radical (unpaired) electrons. The molecule has 534 valence electrons. The van der Waals surface area contributed by atoms with Crippen LogP contribution in [0.2, 0.25) is 0 Å². The van der Waals surface area contributed by atoms with E-state index in [4.69, 9.17) is 17.2 Å². The van der Waals surface area contributed by atoms with Crippen LogP contribution in [-0.4, -0.2) is 209 Å². The van der Waals surface area contributed by atoms with Crippen molar-refractivity contribution >= 4 is 87.8 Å². The van der Waals surface area contributed by atoms with Crippen LogP contribution < -0.4 is 65.1 Å². The number of unbranched alkanes of at least 4 members (excludes halogenated alkanes) is 2. The number of phenols is 2. The fraction of sp³-hybridized carbons (Fsp3) is 0.446. The maximum atomic E-state index is 16.0. The van der Waals surface area contributed by atoms with Crippen molar-refractivity contribution in [3.63, 3.8) is 0 Å². The minimum Gasteiger partial charge on any atom is -0.508 e. The SMILES string of the molecule is CCCC[C@H]1C(=O)N[C@@H](CC(=O)O)C(=O)N[C@@H](Cc2cnc[nH]2)C(=O)N[C@H](Cc2ccc(O)cc2)C(=O)N[C@@H](CCCN=C(N)N)C(=O)N[C@@H](Cc2c[nH]c3ccccc23)C(=O)N[C@H](CCCCN)C(=O)N1C(=O)[C@H](CO)NC(=O)[C@H](Cc1ccc(O)cc1)NC(=O)[C@H](CO)NC(C)=O. The van der Waals surface area contributed by atoms with E-state index in [-0.39, 0.29) is 94.0 Å². The second kappa shape index (κ2) is 38.1. The normalized spacial score (nSPS) is 20.0. The second-order valence-electron chi connectivity index (χ2n) is 23.7. The molecule has 0 unspecified atom stereocenters. The van der Waals surface area contributed by atoms with E-state index < -0.39 is 170 Å². The Morgan fingerprint density at radius 1 is 0.606 bits per heavy atom. The van der Waals surface area contributed by atoms with Crippen molar-refractivity contribution in [3.05, 3.63) is 114 Å². The van der Waals surface area contributed by atoms with Crippen LogP contribution in [0.3, 0.4) is 0 Å². The summed E-state index contributed by atoms with van der Waals surface area (Å²) in [5.41, 5.74) is 19.2. The number of carbonyl (C=O) groups excluding carboxylic acids is 11. The van der Waals surface area contributed by atoms with Gasteiger partial charge in [-0.15, -0.1) is 0 Å². The number of carbonyl (C=O) groups is 12. The second-order valence-corrected chi connectivity index (χ2v) is 23.7. The third kappa shape index (κ3) is 23.4. The number of hydrogen-bond acceptors (Lipinski definition) is 19. The molecule has 0 bridgehead atoms. The summed E-state index contributed by atoms with van der Waals surface area (Å²) in [5, 5.41) is 75.0. The van der Waals surface area contributed by atoms with Crippen molar-refractivity contribution in [1.82, 2.24) is 67.7 Å². The zero-order chi connectivity index (χ0) is 72.3. The number of carboxylic acid groups (broad SMARTS) is 1. The molecule has 0 saturated carbocycles. The number of nitrogens with one attached hydrogen (secondary N) is 11. The summed E-state index contributed by atoms with van der Waals surface area (Å²) in [4.78, 5) is 190. The molecular weight excluding hydrogens is 1290 g/mol. The number of imide groups is 1. The van der Waals surface area contributed by atoms with Gasteiger partial charge in [0.25, 0.3) is 11.8 Å². The van der Waals surface area contributed by atoms with Gasteiger partial charge >= 0.3 is 5.97 Å². The Labute approximate surface area is 568 Å². The standard InChI is InChI=1S/C65H87N17O17/c1-3-4-14-53-62(97)80-50(29-54(88)89)60(95)79-49(28-39-31-69-34-72-39)59(94)76-46(25-36-15-19-40(86)20-16-36)56(91)74-44(13-9-24-70-65(67)68)55(90)78-48(27-38-30-71-43-11-6-5-10-42(38)43)58(93)75-45(12-7-8-23-66)63(98)82(53)64(99)52(33-84)81-57(92)47(26-37-17-21-41(87)22-18-37)77-61(96)51(32-83)73-35(2)85/h5-6,10-11,15-22,30-31,34,44-53,71,83-84,86-87H,3-4,7-9,12-14,23-29,32-33,66H2,1-2H3,(H,69,72)(H,73,85)(H,74,91)(H,75,93)(H,76,94)(H,77,96)(H,78,90)(H,79,95)(H,80,97)(H,81,92)(H,88,89)(H4,67,68,70)/t44-,45+,46+,47-,48-,49-,50-,51-,52-,53-/m0/s1. The molecule has 2 aromatic heterocycles. The first-order chi connectivity index (χ1) is 47.3. The smallest absolute Gasteiger partial charge is 0.305 e. The van der Waals surface area contributed by atoms with E-state index in [0.29, 0.717) is 32.5 Å². The zero-order valence-electron chi connectivity index (χ0n) is 54.7. The van der Waals surface area contributed by atoms with Crippen LogP contribution in [0, 0.1) is 0 Å². The van der Waals surface area contributed by atoms with Gasteiger partial charge in [0.15, 0.2) is 5.96 Å². The molecule has 5 aromatic rings. The molecule has 22 N–H and O–H groups in total. The average molecular weight is 1380 g/mol. The number of nitrogens with zero attached hydrogens (tertiary/aromatic N) is 3. The van der Waals surface area contributed by atoms with Crippen molar-refractivity contribution in [2.75, 3.05) is 26.3 Å². The molecule has 34 nitrogen and oxygen atoms in total. The molecule has 6 rings (SSSR count). The Bertz CT molecular complexity index is 3640. The van der Waals surface area contributed by atoms with Crippen molar-refractivity contribution in [1.29, 1.82) is 0 Å². The summed E-state index contributed by atoms with van der Waals surface area (Å²) in [7, 11) is 0. The quantitative estimate of drug-likeness (QED) is 0.0126. The number of H-pyrrole nitrogens is 2. The molecule has 3 aromatic carbocycles. The monoisotopic (exact) mass is 1380 g/mol. The van der Waals surface area contributed by atoms with Gasteiger partial charge in [0.2, 0.25) is 53.2 Å². The number of carboxylic acids is 1. The molecule has 34 heteroatoms. The lowest BCUT2D eigenvalue weighted by atomic mass is 9.99. The van der Waals surface area contributed by atoms with Crippen LogP contribution in [0.4, 0.5) is 0 Å².